The summed E-state index contributed by atoms with van der Waals surface area (Å²) in [7, 11) is 0. The zero-order chi connectivity index (χ0) is 52.9. The Hall–Kier alpha value is -6.35. The number of benzene rings is 4. The number of hydrogen-bond acceptors (Lipinski definition) is 13. The molecule has 0 aliphatic carbocycles. The second kappa shape index (κ2) is 28.4. The average molecular weight is 1020 g/mol. The minimum atomic E-state index is -1.64. The fraction of sp³-hybridized carbons (Fsp3) is 0.483. The van der Waals surface area contributed by atoms with Crippen LogP contribution >= 0.6 is 0 Å². The molecule has 0 aromatic heterocycles. The minimum absolute atomic E-state index is 0.144. The van der Waals surface area contributed by atoms with Crippen LogP contribution in [0, 0.1) is 0 Å². The molecule has 0 spiro atoms. The first kappa shape index (κ1) is 56.9. The molecule has 2 fully saturated rings. The largest absolute Gasteiger partial charge is 0.459 e. The monoisotopic (exact) mass is 1020 g/mol. The Morgan fingerprint density at radius 2 is 1.00 bits per heavy atom. The molecule has 398 valence electrons. The molecule has 74 heavy (non-hydrogen) atoms. The molecule has 7 atom stereocenters. The number of hydrogen-bond donors (Lipinski definition) is 0. The molecule has 2 aliphatic rings. The Balaban J connectivity index is 1.33. The average Bonchev–Trinajstić information content (AvgIpc) is 3.66. The molecule has 2 heterocycles. The van der Waals surface area contributed by atoms with Gasteiger partial charge in [0.2, 0.25) is 0 Å². The van der Waals surface area contributed by atoms with Crippen LogP contribution in [0.3, 0.4) is 0 Å². The van der Waals surface area contributed by atoms with E-state index in [1.54, 1.807) is 156 Å². The number of unbranched alkanes of at least 4 members (excludes halogenated alkanes) is 11. The van der Waals surface area contributed by atoms with Crippen molar-refractivity contribution in [3.63, 3.8) is 0 Å². The second-order valence-corrected chi connectivity index (χ2v) is 20.2. The lowest BCUT2D eigenvalue weighted by atomic mass is 9.97. The van der Waals surface area contributed by atoms with Crippen molar-refractivity contribution in [3.8, 4) is 0 Å². The predicted octanol–water partition coefficient (Wildman–Crippen LogP) is 12.3. The standard InChI is InChI=1S/C60H75NO13/c1-7-8-9-10-11-12-13-14-15-16-17-18-31-40-48-47(61(60(5,6)73-48)58(66)74-59(2,3)4)41-68-57-52(72-56(65)46-38-29-22-30-39-46)51(71-55(64)45-36-27-21-28-37-45)50(70-54(63)44-34-25-20-26-35-44)49(69-57)42-67-53(62)43-32-23-19-24-33-43/h19-40,47-52,57H,7-18,41-42H2,1-6H3/b40-31+/t47-,48+,49+,50-,51-,52+,57+/m0/s1. The lowest BCUT2D eigenvalue weighted by Crippen LogP contribution is -2.63. The van der Waals surface area contributed by atoms with Gasteiger partial charge >= 0.3 is 30.0 Å². The van der Waals surface area contributed by atoms with Crippen molar-refractivity contribution in [1.29, 1.82) is 0 Å². The molecule has 14 nitrogen and oxygen atoms in total. The molecule has 0 saturated carbocycles. The molecule has 0 bridgehead atoms. The van der Waals surface area contributed by atoms with Crippen LogP contribution < -0.4 is 0 Å². The summed E-state index contributed by atoms with van der Waals surface area (Å²) in [5.74, 6) is -3.22. The summed E-state index contributed by atoms with van der Waals surface area (Å²) in [5.41, 5.74) is -1.35. The molecular weight excluding hydrogens is 943 g/mol. The van der Waals surface area contributed by atoms with Gasteiger partial charge in [0.25, 0.3) is 0 Å². The van der Waals surface area contributed by atoms with Gasteiger partial charge in [0.05, 0.1) is 34.9 Å². The van der Waals surface area contributed by atoms with Crippen LogP contribution in [0.4, 0.5) is 4.79 Å². The second-order valence-electron chi connectivity index (χ2n) is 20.2. The van der Waals surface area contributed by atoms with Crippen LogP contribution in [0.5, 0.6) is 0 Å². The molecule has 2 saturated heterocycles. The maximum absolute atomic E-state index is 14.2. The third kappa shape index (κ3) is 17.1. The summed E-state index contributed by atoms with van der Waals surface area (Å²) >= 11 is 0. The molecule has 2 aliphatic heterocycles. The molecule has 0 unspecified atom stereocenters. The van der Waals surface area contributed by atoms with Crippen molar-refractivity contribution in [3.05, 3.63) is 156 Å². The Bertz CT molecular complexity index is 2390. The first-order chi connectivity index (χ1) is 35.6. The lowest BCUT2D eigenvalue weighted by molar-refractivity contribution is -0.300. The van der Waals surface area contributed by atoms with Gasteiger partial charge < -0.3 is 37.9 Å². The first-order valence-corrected chi connectivity index (χ1v) is 26.3. The number of ether oxygens (including phenoxy) is 8. The SMILES string of the molecule is CCCCCCCCCCCCC/C=C/[C@H]1OC(C)(C)N(C(=O)OC(C)(C)C)[C@H]1CO[C@@H]1O[C@H](COC(=O)c2ccccc2)[C@H](OC(=O)c2ccccc2)[C@H](OC(=O)c2ccccc2)[C@H]1OC(=O)c1ccccc1. The fourth-order valence-electron chi connectivity index (χ4n) is 9.03. The smallest absolute Gasteiger partial charge is 0.413 e. The van der Waals surface area contributed by atoms with E-state index in [9.17, 15) is 24.0 Å². The van der Waals surface area contributed by atoms with Crippen LogP contribution in [0.1, 0.15) is 160 Å². The number of rotatable bonds is 25. The van der Waals surface area contributed by atoms with E-state index in [1.807, 2.05) is 6.08 Å². The highest BCUT2D eigenvalue weighted by Crippen LogP contribution is 2.37. The van der Waals surface area contributed by atoms with Gasteiger partial charge in [-0.2, -0.15) is 0 Å². The summed E-state index contributed by atoms with van der Waals surface area (Å²) in [4.78, 5) is 71.7. The molecule has 6 rings (SSSR count). The van der Waals surface area contributed by atoms with E-state index in [2.05, 4.69) is 13.0 Å². The van der Waals surface area contributed by atoms with Crippen LogP contribution in [-0.4, -0.2) is 102 Å². The molecule has 0 N–H and O–H groups in total. The lowest BCUT2D eigenvalue weighted by Gasteiger charge is -2.44. The summed E-state index contributed by atoms with van der Waals surface area (Å²) in [5, 5.41) is 0. The number of nitrogens with zero attached hydrogens (tertiary/aromatic N) is 1. The van der Waals surface area contributed by atoms with Gasteiger partial charge in [0.1, 0.15) is 30.1 Å². The van der Waals surface area contributed by atoms with Gasteiger partial charge in [-0.15, -0.1) is 0 Å². The van der Waals surface area contributed by atoms with Gasteiger partial charge in [-0.25, -0.2) is 24.0 Å². The Morgan fingerprint density at radius 1 is 0.568 bits per heavy atom. The predicted molar refractivity (Wildman–Crippen MR) is 279 cm³/mol. The Morgan fingerprint density at radius 3 is 1.47 bits per heavy atom. The normalized spacial score (nSPS) is 21.4. The highest BCUT2D eigenvalue weighted by Gasteiger charge is 2.56. The van der Waals surface area contributed by atoms with Gasteiger partial charge in [0, 0.05) is 0 Å². The summed E-state index contributed by atoms with van der Waals surface area (Å²) in [6.45, 7) is 10.3. The van der Waals surface area contributed by atoms with Crippen LogP contribution in [0.2, 0.25) is 0 Å². The zero-order valence-electron chi connectivity index (χ0n) is 43.9. The van der Waals surface area contributed by atoms with E-state index >= 15 is 0 Å². The van der Waals surface area contributed by atoms with E-state index in [0.29, 0.717) is 0 Å². The van der Waals surface area contributed by atoms with Crippen molar-refractivity contribution in [1.82, 2.24) is 4.90 Å². The summed E-state index contributed by atoms with van der Waals surface area (Å²) < 4.78 is 50.5. The number of amides is 1. The highest BCUT2D eigenvalue weighted by atomic mass is 16.7. The van der Waals surface area contributed by atoms with Gasteiger partial charge in [-0.3, -0.25) is 4.90 Å². The number of allylic oxidation sites excluding steroid dienone is 1. The molecule has 14 heteroatoms. The van der Waals surface area contributed by atoms with Crippen molar-refractivity contribution in [2.24, 2.45) is 0 Å². The Kier molecular flexibility index (Phi) is 21.8. The van der Waals surface area contributed by atoms with Crippen LogP contribution in [0.15, 0.2) is 133 Å². The quantitative estimate of drug-likeness (QED) is 0.0267. The molecule has 4 aromatic carbocycles. The van der Waals surface area contributed by atoms with E-state index in [0.717, 1.165) is 25.7 Å². The summed E-state index contributed by atoms with van der Waals surface area (Å²) in [6.07, 6.45) is 9.10. The highest BCUT2D eigenvalue weighted by molar-refractivity contribution is 5.91. The fourth-order valence-corrected chi connectivity index (χ4v) is 9.03. The number of carbonyl (C=O) groups is 5. The van der Waals surface area contributed by atoms with E-state index < -0.39 is 90.8 Å². The molecule has 0 radical (unpaired) electrons. The van der Waals surface area contributed by atoms with Crippen molar-refractivity contribution >= 4 is 30.0 Å². The van der Waals surface area contributed by atoms with Crippen LogP contribution in [0.25, 0.3) is 0 Å². The van der Waals surface area contributed by atoms with Crippen molar-refractivity contribution in [2.75, 3.05) is 13.2 Å². The van der Waals surface area contributed by atoms with Crippen LogP contribution in [-0.2, 0) is 37.9 Å². The Labute approximate surface area is 437 Å². The number of carbonyl (C=O) groups excluding carboxylic acids is 5. The van der Waals surface area contributed by atoms with E-state index in [4.69, 9.17) is 37.9 Å². The topological polar surface area (TPSA) is 162 Å². The van der Waals surface area contributed by atoms with Gasteiger partial charge in [-0.05, 0) is 96.0 Å². The third-order valence-corrected chi connectivity index (χ3v) is 12.8. The summed E-state index contributed by atoms with van der Waals surface area (Å²) in [6, 6.07) is 31.9. The zero-order valence-corrected chi connectivity index (χ0v) is 43.9. The maximum Gasteiger partial charge on any atom is 0.413 e. The maximum atomic E-state index is 14.2. The molecule has 4 aromatic rings. The first-order valence-electron chi connectivity index (χ1n) is 26.3. The van der Waals surface area contributed by atoms with E-state index in [-0.39, 0.29) is 28.9 Å². The third-order valence-electron chi connectivity index (χ3n) is 12.8. The van der Waals surface area contributed by atoms with Gasteiger partial charge in [-0.1, -0.05) is 156 Å². The number of esters is 4. The van der Waals surface area contributed by atoms with Crippen molar-refractivity contribution in [2.45, 2.75) is 173 Å². The molecular formula is C60H75NO13. The molecule has 1 amide bonds. The van der Waals surface area contributed by atoms with E-state index in [1.165, 1.54) is 56.3 Å². The minimum Gasteiger partial charge on any atom is -0.459 e. The van der Waals surface area contributed by atoms with Crippen molar-refractivity contribution < 1.29 is 61.9 Å². The van der Waals surface area contributed by atoms with Gasteiger partial charge in [0.15, 0.2) is 24.6 Å².